The zero-order valence-electron chi connectivity index (χ0n) is 17.8. The average Bonchev–Trinajstić information content (AvgIpc) is 3.23. The van der Waals surface area contributed by atoms with E-state index in [1.54, 1.807) is 6.20 Å². The maximum Gasteiger partial charge on any atom is 2.00 e. The van der Waals surface area contributed by atoms with Gasteiger partial charge >= 0.3 is 21.1 Å². The van der Waals surface area contributed by atoms with Crippen LogP contribution in [0.2, 0.25) is 0 Å². The molecule has 0 saturated carbocycles. The monoisotopic (exact) mass is 580 g/mol. The van der Waals surface area contributed by atoms with Gasteiger partial charge in [-0.3, -0.25) is 9.97 Å². The minimum atomic E-state index is -0.429. The number of aryl methyl sites for hydroxylation is 4. The third-order valence-corrected chi connectivity index (χ3v) is 5.21. The van der Waals surface area contributed by atoms with Crippen LogP contribution in [-0.2, 0) is 40.6 Å². The van der Waals surface area contributed by atoms with Crippen LogP contribution in [0.5, 0.6) is 0 Å². The zero-order chi connectivity index (χ0) is 20.8. The number of aromatic nitrogens is 7. The standard InChI is InChI=1S/C22H23N7.Pt/c1-14-24-17(12-28(14)5)16-8-7-9-19(26-16)22(3,4)20-10-11-23-21(27-20)18-13-29(6)15(2)25-18;/h7-11H,1-6H3;/q-2;+2. The van der Waals surface area contributed by atoms with E-state index in [-0.39, 0.29) is 21.1 Å². The molecule has 0 N–H and O–H groups in total. The Kier molecular flexibility index (Phi) is 6.04. The summed E-state index contributed by atoms with van der Waals surface area (Å²) in [5, 5.41) is 0. The Morgan fingerprint density at radius 1 is 0.800 bits per heavy atom. The van der Waals surface area contributed by atoms with Crippen LogP contribution in [-0.4, -0.2) is 34.1 Å². The van der Waals surface area contributed by atoms with E-state index < -0.39 is 5.41 Å². The maximum atomic E-state index is 4.87. The molecule has 0 atom stereocenters. The van der Waals surface area contributed by atoms with Gasteiger partial charge in [-0.15, -0.1) is 0 Å². The van der Waals surface area contributed by atoms with Crippen LogP contribution in [0.1, 0.15) is 36.9 Å². The summed E-state index contributed by atoms with van der Waals surface area (Å²) in [5.74, 6) is 2.32. The second kappa shape index (κ2) is 8.23. The van der Waals surface area contributed by atoms with Crippen molar-refractivity contribution in [2.75, 3.05) is 0 Å². The molecule has 7 nitrogen and oxygen atoms in total. The number of hydrogen-bond acceptors (Lipinski definition) is 5. The Morgan fingerprint density at radius 3 is 2.00 bits per heavy atom. The van der Waals surface area contributed by atoms with Crippen molar-refractivity contribution in [2.24, 2.45) is 14.1 Å². The first-order chi connectivity index (χ1) is 13.8. The van der Waals surface area contributed by atoms with E-state index in [9.17, 15) is 0 Å². The molecule has 8 heteroatoms. The van der Waals surface area contributed by atoms with E-state index in [1.807, 2.05) is 61.3 Å². The summed E-state index contributed by atoms with van der Waals surface area (Å²) in [6.45, 7) is 8.09. The van der Waals surface area contributed by atoms with Gasteiger partial charge in [0.15, 0.2) is 0 Å². The molecule has 0 unspecified atom stereocenters. The van der Waals surface area contributed by atoms with E-state index in [2.05, 4.69) is 41.2 Å². The van der Waals surface area contributed by atoms with Crippen molar-refractivity contribution in [3.8, 4) is 22.9 Å². The van der Waals surface area contributed by atoms with Crippen molar-refractivity contribution in [3.63, 3.8) is 0 Å². The van der Waals surface area contributed by atoms with Crippen molar-refractivity contribution in [3.05, 3.63) is 65.9 Å². The molecule has 0 amide bonds. The molecule has 4 heterocycles. The molecule has 4 aromatic heterocycles. The van der Waals surface area contributed by atoms with Gasteiger partial charge < -0.3 is 24.1 Å². The summed E-state index contributed by atoms with van der Waals surface area (Å²) in [6.07, 6.45) is 8.15. The van der Waals surface area contributed by atoms with Gasteiger partial charge in [0.25, 0.3) is 0 Å². The van der Waals surface area contributed by atoms with Crippen molar-refractivity contribution in [1.29, 1.82) is 0 Å². The molecule has 0 aliphatic carbocycles. The Hall–Kier alpha value is -2.66. The fraction of sp³-hybridized carbons (Fsp3) is 0.318. The SMILES string of the molecule is Cc1nc(-c2cccc(C(C)(C)c3ccnc(-c4[c-]n(C)c(C)n4)n3)n2)[c-]n1C.[Pt+2]. The number of rotatable bonds is 4. The number of imidazole rings is 2. The predicted molar refractivity (Wildman–Crippen MR) is 110 cm³/mol. The number of nitrogens with zero attached hydrogens (tertiary/aromatic N) is 7. The molecule has 156 valence electrons. The Labute approximate surface area is 190 Å². The van der Waals surface area contributed by atoms with Gasteiger partial charge in [-0.25, -0.2) is 0 Å². The fourth-order valence-electron chi connectivity index (χ4n) is 3.08. The van der Waals surface area contributed by atoms with Gasteiger partial charge in [0.2, 0.25) is 0 Å². The first-order valence-electron chi connectivity index (χ1n) is 9.43. The quantitative estimate of drug-likeness (QED) is 0.347. The molecular weight excluding hydrogens is 557 g/mol. The van der Waals surface area contributed by atoms with E-state index in [4.69, 9.17) is 9.97 Å². The summed E-state index contributed by atoms with van der Waals surface area (Å²) >= 11 is 0. The first kappa shape index (κ1) is 22.0. The largest absolute Gasteiger partial charge is 2.00 e. The number of hydrogen-bond donors (Lipinski definition) is 0. The maximum absolute atomic E-state index is 4.87. The molecular formula is C22H23N7Pt. The van der Waals surface area contributed by atoms with Crippen LogP contribution in [0.15, 0.2) is 30.5 Å². The van der Waals surface area contributed by atoms with Crippen LogP contribution in [0.25, 0.3) is 22.9 Å². The van der Waals surface area contributed by atoms with Crippen LogP contribution in [0.4, 0.5) is 0 Å². The van der Waals surface area contributed by atoms with Gasteiger partial charge in [0.1, 0.15) is 0 Å². The second-order valence-electron chi connectivity index (χ2n) is 7.66. The van der Waals surface area contributed by atoms with E-state index >= 15 is 0 Å². The minimum Gasteiger partial charge on any atom is -0.444 e. The van der Waals surface area contributed by atoms with Crippen molar-refractivity contribution < 1.29 is 21.1 Å². The molecule has 4 aromatic rings. The molecule has 0 spiro atoms. The van der Waals surface area contributed by atoms with Crippen molar-refractivity contribution in [1.82, 2.24) is 34.1 Å². The van der Waals surface area contributed by atoms with E-state index in [0.29, 0.717) is 11.5 Å². The van der Waals surface area contributed by atoms with Gasteiger partial charge in [-0.05, 0) is 57.2 Å². The van der Waals surface area contributed by atoms with E-state index in [0.717, 1.165) is 34.4 Å². The van der Waals surface area contributed by atoms with Crippen molar-refractivity contribution in [2.45, 2.75) is 33.1 Å². The van der Waals surface area contributed by atoms with Gasteiger partial charge in [-0.1, -0.05) is 38.4 Å². The van der Waals surface area contributed by atoms with E-state index in [1.165, 1.54) is 0 Å². The summed E-state index contributed by atoms with van der Waals surface area (Å²) in [4.78, 5) is 23.1. The number of pyridine rings is 1. The molecule has 0 radical (unpaired) electrons. The van der Waals surface area contributed by atoms with Gasteiger partial charge in [-0.2, -0.15) is 0 Å². The molecule has 0 saturated heterocycles. The second-order valence-corrected chi connectivity index (χ2v) is 7.66. The normalized spacial score (nSPS) is 11.4. The summed E-state index contributed by atoms with van der Waals surface area (Å²) in [5.41, 5.74) is 3.51. The Morgan fingerprint density at radius 2 is 1.40 bits per heavy atom. The minimum absolute atomic E-state index is 0. The molecule has 0 aromatic carbocycles. The summed E-state index contributed by atoms with van der Waals surface area (Å²) in [7, 11) is 3.84. The van der Waals surface area contributed by atoms with Crippen LogP contribution in [0, 0.1) is 26.2 Å². The Balaban J connectivity index is 0.00000256. The molecule has 0 aliphatic heterocycles. The first-order valence-corrected chi connectivity index (χ1v) is 9.43. The topological polar surface area (TPSA) is 74.3 Å². The third kappa shape index (κ3) is 3.99. The summed E-state index contributed by atoms with van der Waals surface area (Å²) in [6, 6.07) is 7.88. The molecule has 30 heavy (non-hydrogen) atoms. The van der Waals surface area contributed by atoms with Gasteiger partial charge in [0.05, 0.1) is 5.82 Å². The molecule has 0 fully saturated rings. The third-order valence-electron chi connectivity index (χ3n) is 5.21. The predicted octanol–water partition coefficient (Wildman–Crippen LogP) is 3.21. The molecule has 0 aliphatic rings. The Bertz CT molecular complexity index is 1060. The van der Waals surface area contributed by atoms with Crippen molar-refractivity contribution >= 4 is 0 Å². The van der Waals surface area contributed by atoms with Crippen LogP contribution in [0.3, 0.4) is 0 Å². The fourth-order valence-corrected chi connectivity index (χ4v) is 3.08. The van der Waals surface area contributed by atoms with Gasteiger partial charge in [0, 0.05) is 34.6 Å². The average molecular weight is 581 g/mol. The molecule has 4 rings (SSSR count). The summed E-state index contributed by atoms with van der Waals surface area (Å²) < 4.78 is 3.71. The van der Waals surface area contributed by atoms with Crippen LogP contribution < -0.4 is 0 Å². The van der Waals surface area contributed by atoms with Crippen LogP contribution >= 0.6 is 0 Å². The zero-order valence-corrected chi connectivity index (χ0v) is 20.1. The molecule has 0 bridgehead atoms. The smallest absolute Gasteiger partial charge is 0.444 e.